The Morgan fingerprint density at radius 1 is 0.833 bits per heavy atom. The number of aryl methyl sites for hydroxylation is 3. The summed E-state index contributed by atoms with van der Waals surface area (Å²) in [6.07, 6.45) is 1.01. The molecule has 0 radical (unpaired) electrons. The third-order valence-corrected chi connectivity index (χ3v) is 7.65. The molecule has 30 heavy (non-hydrogen) atoms. The maximum Gasteiger partial charge on any atom is 0.0892 e. The Labute approximate surface area is 182 Å². The van der Waals surface area contributed by atoms with E-state index < -0.39 is 10.8 Å². The van der Waals surface area contributed by atoms with Gasteiger partial charge in [0.15, 0.2) is 0 Å². The van der Waals surface area contributed by atoms with Gasteiger partial charge in [-0.15, -0.1) is 0 Å². The molecule has 1 N–H and O–H groups in total. The topological polar surface area (TPSA) is 32.3 Å². The molecule has 0 fully saturated rings. The molecule has 3 nitrogen and oxygen atoms in total. The Hall–Kier alpha value is -2.43. The van der Waals surface area contributed by atoms with Crippen molar-refractivity contribution in [1.29, 1.82) is 0 Å². The highest BCUT2D eigenvalue weighted by molar-refractivity contribution is 7.85. The highest BCUT2D eigenvalue weighted by Crippen LogP contribution is 2.44. The summed E-state index contributed by atoms with van der Waals surface area (Å²) in [7, 11) is -1.13. The maximum atomic E-state index is 13.2. The van der Waals surface area contributed by atoms with Gasteiger partial charge in [0.05, 0.1) is 32.0 Å². The van der Waals surface area contributed by atoms with Crippen LogP contribution in [0.5, 0.6) is 0 Å². The smallest absolute Gasteiger partial charge is 0.0892 e. The first-order valence-corrected chi connectivity index (χ1v) is 11.8. The number of fused-ring (bicyclic) bond motifs is 2. The molecule has 4 heteroatoms. The van der Waals surface area contributed by atoms with Gasteiger partial charge in [-0.05, 0) is 86.7 Å². The molecule has 1 atom stereocenters. The van der Waals surface area contributed by atoms with Crippen molar-refractivity contribution < 1.29 is 4.21 Å². The molecular weight excluding hydrogens is 388 g/mol. The van der Waals surface area contributed by atoms with Gasteiger partial charge in [0.1, 0.15) is 0 Å². The van der Waals surface area contributed by atoms with E-state index in [1.807, 2.05) is 24.3 Å². The van der Waals surface area contributed by atoms with Crippen molar-refractivity contribution in [1.82, 2.24) is 5.32 Å². The van der Waals surface area contributed by atoms with Crippen LogP contribution in [0.3, 0.4) is 0 Å². The first-order chi connectivity index (χ1) is 14.5. The highest BCUT2D eigenvalue weighted by Gasteiger charge is 2.29. The number of para-hydroxylation sites is 1. The second-order valence-corrected chi connectivity index (χ2v) is 9.56. The van der Waals surface area contributed by atoms with Crippen LogP contribution in [0.2, 0.25) is 0 Å². The fraction of sp³-hybridized carbons (Fsp3) is 0.308. The lowest BCUT2D eigenvalue weighted by Gasteiger charge is -2.34. The maximum absolute atomic E-state index is 13.2. The zero-order valence-electron chi connectivity index (χ0n) is 18.3. The van der Waals surface area contributed by atoms with Crippen molar-refractivity contribution >= 4 is 22.2 Å². The number of nitrogens with one attached hydrogen (secondary N) is 1. The number of nitrogens with zero attached hydrogens (tertiary/aromatic N) is 1. The van der Waals surface area contributed by atoms with Crippen LogP contribution < -0.4 is 10.2 Å². The van der Waals surface area contributed by atoms with Gasteiger partial charge < -0.3 is 10.2 Å². The molecule has 0 bridgehead atoms. The van der Waals surface area contributed by atoms with Crippen molar-refractivity contribution in [2.75, 3.05) is 18.0 Å². The minimum Gasteiger partial charge on any atom is -0.339 e. The fourth-order valence-electron chi connectivity index (χ4n) is 4.27. The second-order valence-electron chi connectivity index (χ2n) is 8.14. The Bertz CT molecular complexity index is 1090. The molecule has 1 aliphatic rings. The predicted molar refractivity (Wildman–Crippen MR) is 126 cm³/mol. The van der Waals surface area contributed by atoms with Crippen LogP contribution in [-0.4, -0.2) is 17.3 Å². The van der Waals surface area contributed by atoms with Gasteiger partial charge in [-0.1, -0.05) is 36.4 Å². The fourth-order valence-corrected chi connectivity index (χ4v) is 5.71. The Morgan fingerprint density at radius 2 is 1.57 bits per heavy atom. The van der Waals surface area contributed by atoms with E-state index in [-0.39, 0.29) is 0 Å². The normalized spacial score (nSPS) is 15.1. The first-order valence-electron chi connectivity index (χ1n) is 10.6. The van der Waals surface area contributed by atoms with E-state index in [0.717, 1.165) is 47.2 Å². The van der Waals surface area contributed by atoms with Gasteiger partial charge in [-0.2, -0.15) is 0 Å². The van der Waals surface area contributed by atoms with E-state index in [4.69, 9.17) is 0 Å². The molecule has 0 aliphatic carbocycles. The predicted octanol–water partition coefficient (Wildman–Crippen LogP) is 5.72. The Kier molecular flexibility index (Phi) is 6.07. The van der Waals surface area contributed by atoms with Crippen molar-refractivity contribution in [3.63, 3.8) is 0 Å². The van der Waals surface area contributed by atoms with Crippen LogP contribution in [0.15, 0.2) is 64.4 Å². The molecule has 0 spiro atoms. The summed E-state index contributed by atoms with van der Waals surface area (Å²) in [5.74, 6) is 0. The SMILES string of the molecule is Cc1ccc2c(c1C)N(CCCNCc1c(C)cccc1C)c1ccccc1S2=O. The van der Waals surface area contributed by atoms with Gasteiger partial charge in [-0.3, -0.25) is 0 Å². The largest absolute Gasteiger partial charge is 0.339 e. The van der Waals surface area contributed by atoms with Crippen molar-refractivity contribution in [3.8, 4) is 0 Å². The van der Waals surface area contributed by atoms with E-state index in [9.17, 15) is 4.21 Å². The number of benzene rings is 3. The van der Waals surface area contributed by atoms with Gasteiger partial charge >= 0.3 is 0 Å². The molecule has 0 saturated heterocycles. The lowest BCUT2D eigenvalue weighted by Crippen LogP contribution is -2.28. The average Bonchev–Trinajstić information content (AvgIpc) is 2.74. The molecule has 1 aliphatic heterocycles. The summed E-state index contributed by atoms with van der Waals surface area (Å²) >= 11 is 0. The molecule has 0 aromatic heterocycles. The summed E-state index contributed by atoms with van der Waals surface area (Å²) in [6, 6.07) is 18.7. The molecular formula is C26H30N2OS. The number of hydrogen-bond donors (Lipinski definition) is 1. The molecule has 4 rings (SSSR count). The molecule has 156 valence electrons. The summed E-state index contributed by atoms with van der Waals surface area (Å²) in [4.78, 5) is 4.21. The van der Waals surface area contributed by atoms with Crippen LogP contribution in [0.25, 0.3) is 0 Å². The molecule has 3 aromatic carbocycles. The quantitative estimate of drug-likeness (QED) is 0.520. The minimum absolute atomic E-state index is 0.894. The molecule has 1 heterocycles. The van der Waals surface area contributed by atoms with Gasteiger partial charge in [-0.25, -0.2) is 4.21 Å². The third-order valence-electron chi connectivity index (χ3n) is 6.17. The average molecular weight is 419 g/mol. The molecule has 0 amide bonds. The van der Waals surface area contributed by atoms with Gasteiger partial charge in [0.25, 0.3) is 0 Å². The Morgan fingerprint density at radius 3 is 2.33 bits per heavy atom. The van der Waals surface area contributed by atoms with Crippen LogP contribution >= 0.6 is 0 Å². The molecule has 1 unspecified atom stereocenters. The van der Waals surface area contributed by atoms with E-state index in [2.05, 4.69) is 68.2 Å². The van der Waals surface area contributed by atoms with E-state index in [1.165, 1.54) is 27.8 Å². The first kappa shape index (κ1) is 20.8. The van der Waals surface area contributed by atoms with Crippen LogP contribution in [-0.2, 0) is 17.3 Å². The van der Waals surface area contributed by atoms with Crippen LogP contribution in [0.4, 0.5) is 11.4 Å². The second kappa shape index (κ2) is 8.75. The molecule has 0 saturated carbocycles. The summed E-state index contributed by atoms with van der Waals surface area (Å²) in [5, 5.41) is 3.62. The highest BCUT2D eigenvalue weighted by atomic mass is 32.2. The standard InChI is InChI=1S/C26H30N2OS/c1-18-13-14-25-26(21(18)4)28(23-11-5-6-12-24(23)30(25)29)16-8-15-27-17-22-19(2)9-7-10-20(22)3/h5-7,9-14,27H,8,15-17H2,1-4H3. The van der Waals surface area contributed by atoms with E-state index in [0.29, 0.717) is 0 Å². The number of hydrogen-bond acceptors (Lipinski definition) is 3. The van der Waals surface area contributed by atoms with Crippen molar-refractivity contribution in [2.24, 2.45) is 0 Å². The summed E-state index contributed by atoms with van der Waals surface area (Å²) < 4.78 is 13.2. The number of rotatable bonds is 6. The monoisotopic (exact) mass is 418 g/mol. The molecule has 3 aromatic rings. The van der Waals surface area contributed by atoms with Gasteiger partial charge in [0, 0.05) is 13.1 Å². The van der Waals surface area contributed by atoms with Crippen molar-refractivity contribution in [3.05, 3.63) is 82.4 Å². The van der Waals surface area contributed by atoms with E-state index >= 15 is 0 Å². The van der Waals surface area contributed by atoms with Crippen LogP contribution in [0, 0.1) is 27.7 Å². The Balaban J connectivity index is 1.51. The van der Waals surface area contributed by atoms with Crippen molar-refractivity contribution in [2.45, 2.75) is 50.5 Å². The zero-order chi connectivity index (χ0) is 21.3. The van der Waals surface area contributed by atoms with Gasteiger partial charge in [0.2, 0.25) is 0 Å². The number of anilines is 2. The lowest BCUT2D eigenvalue weighted by molar-refractivity contribution is 0.643. The summed E-state index contributed by atoms with van der Waals surface area (Å²) in [5.41, 5.74) is 8.74. The minimum atomic E-state index is -1.13. The lowest BCUT2D eigenvalue weighted by atomic mass is 10.0. The zero-order valence-corrected chi connectivity index (χ0v) is 19.1. The summed E-state index contributed by atoms with van der Waals surface area (Å²) in [6.45, 7) is 11.4. The van der Waals surface area contributed by atoms with E-state index in [1.54, 1.807) is 0 Å². The third kappa shape index (κ3) is 3.82. The van der Waals surface area contributed by atoms with Crippen LogP contribution in [0.1, 0.15) is 34.2 Å².